The third-order valence-electron chi connectivity index (χ3n) is 1.89. The van der Waals surface area contributed by atoms with E-state index in [1.54, 1.807) is 0 Å². The van der Waals surface area contributed by atoms with Crippen LogP contribution in [0.4, 0.5) is 5.95 Å². The van der Waals surface area contributed by atoms with Gasteiger partial charge in [-0.25, -0.2) is 29.0 Å². The van der Waals surface area contributed by atoms with Crippen LogP contribution in [-0.4, -0.2) is 28.5 Å². The average Bonchev–Trinajstić information content (AvgIpc) is 2.90. The molecule has 0 spiro atoms. The largest absolute Gasteiger partial charge is 0.343 e. The third kappa shape index (κ3) is 2.77. The van der Waals surface area contributed by atoms with Crippen molar-refractivity contribution in [3.8, 4) is 0 Å². The van der Waals surface area contributed by atoms with E-state index < -0.39 is 10.0 Å². The number of rotatable bonds is 5. The molecular weight excluding hydrogens is 262 g/mol. The van der Waals surface area contributed by atoms with E-state index in [-0.39, 0.29) is 23.2 Å². The maximum atomic E-state index is 11.8. The fourth-order valence-corrected chi connectivity index (χ4v) is 1.91. The van der Waals surface area contributed by atoms with Gasteiger partial charge in [-0.1, -0.05) is 5.16 Å². The maximum absolute atomic E-state index is 11.8. The van der Waals surface area contributed by atoms with Gasteiger partial charge in [0.05, 0.1) is 18.9 Å². The molecule has 0 aliphatic carbocycles. The number of hydrazine groups is 1. The molecule has 0 radical (unpaired) electrons. The van der Waals surface area contributed by atoms with Crippen molar-refractivity contribution in [3.63, 3.8) is 0 Å². The topological polar surface area (TPSA) is 149 Å². The Labute approximate surface area is 102 Å². The van der Waals surface area contributed by atoms with E-state index in [2.05, 4.69) is 34.8 Å². The number of nitrogens with two attached hydrogens (primary N) is 1. The fraction of sp³-hybridized carbons (Fsp3) is 0.143. The minimum atomic E-state index is -3.73. The van der Waals surface area contributed by atoms with E-state index in [1.165, 1.54) is 0 Å². The average molecular weight is 271 g/mol. The summed E-state index contributed by atoms with van der Waals surface area (Å²) in [5.74, 6) is 5.40. The van der Waals surface area contributed by atoms with Crippen molar-refractivity contribution in [2.75, 3.05) is 5.43 Å². The number of nitrogen functional groups attached to an aromatic ring is 1. The first-order chi connectivity index (χ1) is 8.62. The predicted octanol–water partition coefficient (Wildman–Crippen LogP) is -1.38. The zero-order chi connectivity index (χ0) is 13.0. The van der Waals surface area contributed by atoms with Crippen LogP contribution in [0.5, 0.6) is 0 Å². The van der Waals surface area contributed by atoms with Crippen molar-refractivity contribution in [2.45, 2.75) is 11.4 Å². The quantitative estimate of drug-likeness (QED) is 0.441. The van der Waals surface area contributed by atoms with Crippen LogP contribution in [0.15, 0.2) is 28.2 Å². The van der Waals surface area contributed by atoms with Crippen LogP contribution in [0.3, 0.4) is 0 Å². The summed E-state index contributed by atoms with van der Waals surface area (Å²) in [7, 11) is -3.73. The second kappa shape index (κ2) is 5.03. The highest BCUT2D eigenvalue weighted by Crippen LogP contribution is 2.07. The molecule has 11 heteroatoms. The molecule has 10 nitrogen and oxygen atoms in total. The van der Waals surface area contributed by atoms with E-state index >= 15 is 0 Å². The first-order valence-electron chi connectivity index (χ1n) is 4.65. The molecule has 4 N–H and O–H groups in total. The highest BCUT2D eigenvalue weighted by Gasteiger charge is 2.15. The Morgan fingerprint density at radius 3 is 2.56 bits per heavy atom. The summed E-state index contributed by atoms with van der Waals surface area (Å²) in [6.07, 6.45) is 3.36. The molecule has 96 valence electrons. The van der Waals surface area contributed by atoms with Crippen molar-refractivity contribution in [1.82, 2.24) is 24.8 Å². The van der Waals surface area contributed by atoms with Crippen LogP contribution in [0.2, 0.25) is 0 Å². The van der Waals surface area contributed by atoms with Crippen LogP contribution in [0.1, 0.15) is 5.82 Å². The summed E-state index contributed by atoms with van der Waals surface area (Å²) in [5.41, 5.74) is 2.19. The van der Waals surface area contributed by atoms with Gasteiger partial charge < -0.3 is 4.52 Å². The van der Waals surface area contributed by atoms with Gasteiger partial charge in [0.15, 0.2) is 5.82 Å². The molecule has 0 fully saturated rings. The van der Waals surface area contributed by atoms with E-state index in [4.69, 9.17) is 5.84 Å². The Morgan fingerprint density at radius 1 is 1.28 bits per heavy atom. The number of sulfonamides is 1. The molecule has 2 rings (SSSR count). The molecule has 0 aromatic carbocycles. The fourth-order valence-electron chi connectivity index (χ4n) is 1.04. The standard InChI is InChI=1S/C7H9N7O3S/c8-13-7-9-1-5(2-10-7)18(15,16)12-3-6-11-4-17-14-6/h1-2,4,12H,3,8H2,(H,9,10,13). The molecule has 0 bridgehead atoms. The van der Waals surface area contributed by atoms with Gasteiger partial charge in [-0.05, 0) is 0 Å². The summed E-state index contributed by atoms with van der Waals surface area (Å²) < 4.78 is 30.3. The van der Waals surface area contributed by atoms with Crippen LogP contribution in [-0.2, 0) is 16.6 Å². The summed E-state index contributed by atoms with van der Waals surface area (Å²) >= 11 is 0. The summed E-state index contributed by atoms with van der Waals surface area (Å²) in [4.78, 5) is 11.0. The first-order valence-corrected chi connectivity index (χ1v) is 6.14. The van der Waals surface area contributed by atoms with Gasteiger partial charge in [-0.15, -0.1) is 0 Å². The number of anilines is 1. The highest BCUT2D eigenvalue weighted by atomic mass is 32.2. The van der Waals surface area contributed by atoms with E-state index in [9.17, 15) is 8.42 Å². The van der Waals surface area contributed by atoms with Gasteiger partial charge in [0.1, 0.15) is 4.90 Å². The van der Waals surface area contributed by atoms with Crippen molar-refractivity contribution in [3.05, 3.63) is 24.6 Å². The molecule has 2 heterocycles. The minimum Gasteiger partial charge on any atom is -0.343 e. The van der Waals surface area contributed by atoms with Crippen LogP contribution >= 0.6 is 0 Å². The second-order valence-corrected chi connectivity index (χ2v) is 4.83. The second-order valence-electron chi connectivity index (χ2n) is 3.06. The van der Waals surface area contributed by atoms with Gasteiger partial charge in [0.25, 0.3) is 0 Å². The Bertz CT molecular complexity index is 594. The summed E-state index contributed by atoms with van der Waals surface area (Å²) in [6.45, 7) is -0.0876. The van der Waals surface area contributed by atoms with Crippen LogP contribution in [0.25, 0.3) is 0 Å². The molecule has 18 heavy (non-hydrogen) atoms. The lowest BCUT2D eigenvalue weighted by molar-refractivity contribution is 0.409. The van der Waals surface area contributed by atoms with Gasteiger partial charge in [0, 0.05) is 0 Å². The maximum Gasteiger partial charge on any atom is 0.244 e. The van der Waals surface area contributed by atoms with Gasteiger partial charge >= 0.3 is 0 Å². The van der Waals surface area contributed by atoms with Crippen molar-refractivity contribution >= 4 is 16.0 Å². The highest BCUT2D eigenvalue weighted by molar-refractivity contribution is 7.89. The van der Waals surface area contributed by atoms with Crippen molar-refractivity contribution in [2.24, 2.45) is 5.84 Å². The Hall–Kier alpha value is -2.11. The number of hydrogen-bond acceptors (Lipinski definition) is 9. The first kappa shape index (κ1) is 12.3. The molecule has 0 saturated carbocycles. The third-order valence-corrected chi connectivity index (χ3v) is 3.25. The van der Waals surface area contributed by atoms with Gasteiger partial charge in [0.2, 0.25) is 22.4 Å². The number of aromatic nitrogens is 4. The molecule has 0 aliphatic heterocycles. The number of nitrogens with zero attached hydrogens (tertiary/aromatic N) is 4. The monoisotopic (exact) mass is 271 g/mol. The molecule has 0 aliphatic rings. The lowest BCUT2D eigenvalue weighted by Crippen LogP contribution is -2.24. The smallest absolute Gasteiger partial charge is 0.244 e. The molecule has 0 atom stereocenters. The van der Waals surface area contributed by atoms with Crippen molar-refractivity contribution in [1.29, 1.82) is 0 Å². The zero-order valence-electron chi connectivity index (χ0n) is 8.94. The number of hydrogen-bond donors (Lipinski definition) is 3. The Kier molecular flexibility index (Phi) is 3.45. The van der Waals surface area contributed by atoms with E-state index in [0.29, 0.717) is 0 Å². The molecule has 0 unspecified atom stereocenters. The van der Waals surface area contributed by atoms with E-state index in [0.717, 1.165) is 18.8 Å². The van der Waals surface area contributed by atoms with Crippen LogP contribution in [0, 0.1) is 0 Å². The lowest BCUT2D eigenvalue weighted by Gasteiger charge is -2.04. The Balaban J connectivity index is 2.09. The van der Waals surface area contributed by atoms with Crippen molar-refractivity contribution < 1.29 is 12.9 Å². The molecular formula is C7H9N7O3S. The summed E-state index contributed by atoms with van der Waals surface area (Å²) in [5, 5.41) is 3.47. The zero-order valence-corrected chi connectivity index (χ0v) is 9.75. The van der Waals surface area contributed by atoms with Crippen LogP contribution < -0.4 is 16.0 Å². The Morgan fingerprint density at radius 2 is 2.00 bits per heavy atom. The predicted molar refractivity (Wildman–Crippen MR) is 58.2 cm³/mol. The molecule has 2 aromatic rings. The molecule has 0 saturated heterocycles. The minimum absolute atomic E-state index is 0.0876. The SMILES string of the molecule is NNc1ncc(S(=O)(=O)NCc2ncon2)cn1. The normalized spacial score (nSPS) is 11.4. The summed E-state index contributed by atoms with van der Waals surface area (Å²) in [6, 6.07) is 0. The van der Waals surface area contributed by atoms with E-state index in [1.807, 2.05) is 0 Å². The molecule has 2 aromatic heterocycles. The number of nitrogens with one attached hydrogen (secondary N) is 2. The lowest BCUT2D eigenvalue weighted by atomic mass is 10.6. The van der Waals surface area contributed by atoms with Gasteiger partial charge in [-0.2, -0.15) is 4.98 Å². The van der Waals surface area contributed by atoms with Gasteiger partial charge in [-0.3, -0.25) is 5.43 Å². The molecule has 0 amide bonds.